The molecule has 0 radical (unpaired) electrons. The van der Waals surface area contributed by atoms with Crippen LogP contribution < -0.4 is 10.6 Å². The van der Waals surface area contributed by atoms with Gasteiger partial charge in [-0.05, 0) is 39.3 Å². The standard InChI is InChI=1S/C18H38N4O2/c1-19-18(20-11-8-12-24-14-13-23-4)21-15-17(22(2)3)16-9-6-5-7-10-16/h16-17H,5-15H2,1-4H3,(H2,19,20,21). The average molecular weight is 343 g/mol. The van der Waals surface area contributed by atoms with E-state index in [1.165, 1.54) is 32.1 Å². The van der Waals surface area contributed by atoms with E-state index in [-0.39, 0.29) is 0 Å². The third kappa shape index (κ3) is 8.85. The van der Waals surface area contributed by atoms with E-state index in [1.54, 1.807) is 7.11 Å². The SMILES string of the molecule is CN=C(NCCCOCCOC)NCC(C1CCCCC1)N(C)C. The van der Waals surface area contributed by atoms with E-state index in [9.17, 15) is 0 Å². The molecular weight excluding hydrogens is 304 g/mol. The number of methoxy groups -OCH3 is 1. The molecule has 0 aliphatic heterocycles. The molecule has 0 saturated heterocycles. The van der Waals surface area contributed by atoms with Gasteiger partial charge in [0.05, 0.1) is 13.2 Å². The fraction of sp³-hybridized carbons (Fsp3) is 0.944. The van der Waals surface area contributed by atoms with Crippen molar-refractivity contribution in [2.45, 2.75) is 44.6 Å². The first kappa shape index (κ1) is 21.2. The Balaban J connectivity index is 2.23. The zero-order chi connectivity index (χ0) is 17.6. The Labute approximate surface area is 148 Å². The van der Waals surface area contributed by atoms with Crippen LogP contribution in [0.15, 0.2) is 4.99 Å². The van der Waals surface area contributed by atoms with Gasteiger partial charge in [0.25, 0.3) is 0 Å². The monoisotopic (exact) mass is 342 g/mol. The lowest BCUT2D eigenvalue weighted by molar-refractivity contribution is 0.0698. The first-order valence-electron chi connectivity index (χ1n) is 9.36. The Morgan fingerprint density at radius 3 is 2.50 bits per heavy atom. The quantitative estimate of drug-likeness (QED) is 0.340. The Hall–Kier alpha value is -0.850. The molecular formula is C18H38N4O2. The summed E-state index contributed by atoms with van der Waals surface area (Å²) in [6.45, 7) is 3.87. The number of guanidine groups is 1. The van der Waals surface area contributed by atoms with E-state index >= 15 is 0 Å². The Bertz CT molecular complexity index is 331. The molecule has 142 valence electrons. The van der Waals surface area contributed by atoms with E-state index in [1.807, 2.05) is 7.05 Å². The number of hydrogen-bond acceptors (Lipinski definition) is 4. The summed E-state index contributed by atoms with van der Waals surface area (Å²) in [4.78, 5) is 6.69. The molecule has 0 spiro atoms. The predicted molar refractivity (Wildman–Crippen MR) is 101 cm³/mol. The van der Waals surface area contributed by atoms with Crippen LogP contribution in [0.1, 0.15) is 38.5 Å². The van der Waals surface area contributed by atoms with E-state index in [0.717, 1.165) is 38.0 Å². The fourth-order valence-corrected chi connectivity index (χ4v) is 3.34. The van der Waals surface area contributed by atoms with Gasteiger partial charge < -0.3 is 25.0 Å². The van der Waals surface area contributed by atoms with Crippen molar-refractivity contribution in [1.29, 1.82) is 0 Å². The molecule has 2 N–H and O–H groups in total. The molecule has 0 heterocycles. The molecule has 1 aliphatic rings. The Morgan fingerprint density at radius 1 is 1.12 bits per heavy atom. The third-order valence-electron chi connectivity index (χ3n) is 4.75. The van der Waals surface area contributed by atoms with Crippen molar-refractivity contribution in [3.8, 4) is 0 Å². The van der Waals surface area contributed by atoms with Crippen molar-refractivity contribution in [2.75, 3.05) is 61.2 Å². The summed E-state index contributed by atoms with van der Waals surface area (Å²) in [6.07, 6.45) is 7.84. The summed E-state index contributed by atoms with van der Waals surface area (Å²) in [6, 6.07) is 0.571. The molecule has 0 bridgehead atoms. The number of hydrogen-bond donors (Lipinski definition) is 2. The molecule has 0 amide bonds. The predicted octanol–water partition coefficient (Wildman–Crippen LogP) is 1.72. The number of nitrogens with one attached hydrogen (secondary N) is 2. The zero-order valence-corrected chi connectivity index (χ0v) is 16.1. The first-order valence-corrected chi connectivity index (χ1v) is 9.36. The minimum Gasteiger partial charge on any atom is -0.382 e. The van der Waals surface area contributed by atoms with Crippen LogP contribution >= 0.6 is 0 Å². The van der Waals surface area contributed by atoms with Gasteiger partial charge in [0.15, 0.2) is 5.96 Å². The van der Waals surface area contributed by atoms with Crippen molar-refractivity contribution < 1.29 is 9.47 Å². The Kier molecular flexibility index (Phi) is 11.9. The normalized spacial score (nSPS) is 18.0. The van der Waals surface area contributed by atoms with E-state index in [0.29, 0.717) is 19.3 Å². The maximum atomic E-state index is 5.47. The summed E-state index contributed by atoms with van der Waals surface area (Å²) < 4.78 is 10.4. The summed E-state index contributed by atoms with van der Waals surface area (Å²) in [5, 5.41) is 6.86. The first-order chi connectivity index (χ1) is 11.7. The smallest absolute Gasteiger partial charge is 0.191 e. The van der Waals surface area contributed by atoms with Crippen LogP contribution in [0.3, 0.4) is 0 Å². The summed E-state index contributed by atoms with van der Waals surface area (Å²) >= 11 is 0. The van der Waals surface area contributed by atoms with Crippen molar-refractivity contribution in [1.82, 2.24) is 15.5 Å². The highest BCUT2D eigenvalue weighted by molar-refractivity contribution is 5.79. The van der Waals surface area contributed by atoms with Crippen molar-refractivity contribution in [2.24, 2.45) is 10.9 Å². The highest BCUT2D eigenvalue weighted by Crippen LogP contribution is 2.27. The maximum Gasteiger partial charge on any atom is 0.191 e. The van der Waals surface area contributed by atoms with Crippen LogP contribution in [-0.4, -0.2) is 78.1 Å². The lowest BCUT2D eigenvalue weighted by Crippen LogP contribution is -2.48. The molecule has 0 aromatic heterocycles. The molecule has 1 unspecified atom stereocenters. The topological polar surface area (TPSA) is 58.1 Å². The van der Waals surface area contributed by atoms with E-state index < -0.39 is 0 Å². The zero-order valence-electron chi connectivity index (χ0n) is 16.1. The third-order valence-corrected chi connectivity index (χ3v) is 4.75. The number of aliphatic imine (C=N–C) groups is 1. The van der Waals surface area contributed by atoms with E-state index in [4.69, 9.17) is 9.47 Å². The lowest BCUT2D eigenvalue weighted by atomic mass is 9.83. The van der Waals surface area contributed by atoms with Crippen LogP contribution in [-0.2, 0) is 9.47 Å². The molecule has 1 saturated carbocycles. The largest absolute Gasteiger partial charge is 0.382 e. The highest BCUT2D eigenvalue weighted by atomic mass is 16.5. The second kappa shape index (κ2) is 13.4. The van der Waals surface area contributed by atoms with E-state index in [2.05, 4.69) is 34.6 Å². The lowest BCUT2D eigenvalue weighted by Gasteiger charge is -2.35. The van der Waals surface area contributed by atoms with Crippen LogP contribution in [0.4, 0.5) is 0 Å². The minimum atomic E-state index is 0.571. The number of rotatable bonds is 11. The van der Waals surface area contributed by atoms with Gasteiger partial charge in [0.2, 0.25) is 0 Å². The molecule has 1 aliphatic carbocycles. The Morgan fingerprint density at radius 2 is 1.88 bits per heavy atom. The second-order valence-electron chi connectivity index (χ2n) is 6.77. The van der Waals surface area contributed by atoms with Crippen molar-refractivity contribution in [3.05, 3.63) is 0 Å². The van der Waals surface area contributed by atoms with Crippen LogP contribution in [0.2, 0.25) is 0 Å². The van der Waals surface area contributed by atoms with Gasteiger partial charge in [0.1, 0.15) is 0 Å². The average Bonchev–Trinajstić information content (AvgIpc) is 2.60. The number of likely N-dealkylation sites (N-methyl/N-ethyl adjacent to an activating group) is 1. The van der Waals surface area contributed by atoms with Gasteiger partial charge in [-0.25, -0.2) is 0 Å². The molecule has 6 nitrogen and oxygen atoms in total. The number of nitrogens with zero attached hydrogens (tertiary/aromatic N) is 2. The van der Waals surface area contributed by atoms with Gasteiger partial charge in [-0.15, -0.1) is 0 Å². The summed E-state index contributed by atoms with van der Waals surface area (Å²) in [5.74, 6) is 1.68. The van der Waals surface area contributed by atoms with Gasteiger partial charge >= 0.3 is 0 Å². The van der Waals surface area contributed by atoms with Crippen LogP contribution in [0.5, 0.6) is 0 Å². The van der Waals surface area contributed by atoms with Crippen molar-refractivity contribution >= 4 is 5.96 Å². The minimum absolute atomic E-state index is 0.571. The number of ether oxygens (including phenoxy) is 2. The van der Waals surface area contributed by atoms with Gasteiger partial charge in [-0.3, -0.25) is 4.99 Å². The maximum absolute atomic E-state index is 5.47. The fourth-order valence-electron chi connectivity index (χ4n) is 3.34. The molecule has 24 heavy (non-hydrogen) atoms. The van der Waals surface area contributed by atoms with Gasteiger partial charge in [-0.2, -0.15) is 0 Å². The summed E-state index contributed by atoms with van der Waals surface area (Å²) in [5.41, 5.74) is 0. The molecule has 1 atom stereocenters. The van der Waals surface area contributed by atoms with Crippen LogP contribution in [0, 0.1) is 5.92 Å². The second-order valence-corrected chi connectivity index (χ2v) is 6.77. The molecule has 6 heteroatoms. The van der Waals surface area contributed by atoms with Crippen LogP contribution in [0.25, 0.3) is 0 Å². The summed E-state index contributed by atoms with van der Waals surface area (Å²) in [7, 11) is 7.90. The molecule has 0 aromatic carbocycles. The molecule has 1 rings (SSSR count). The molecule has 0 aromatic rings. The highest BCUT2D eigenvalue weighted by Gasteiger charge is 2.25. The van der Waals surface area contributed by atoms with Gasteiger partial charge in [-0.1, -0.05) is 19.3 Å². The van der Waals surface area contributed by atoms with Gasteiger partial charge in [0, 0.05) is 39.9 Å². The molecule has 1 fully saturated rings. The van der Waals surface area contributed by atoms with Crippen molar-refractivity contribution in [3.63, 3.8) is 0 Å².